The predicted octanol–water partition coefficient (Wildman–Crippen LogP) is 0.710. The summed E-state index contributed by atoms with van der Waals surface area (Å²) < 4.78 is 29.6. The number of hydrogen-bond donors (Lipinski definition) is 1. The first-order valence-corrected chi connectivity index (χ1v) is 7.82. The van der Waals surface area contributed by atoms with E-state index in [0.717, 1.165) is 19.5 Å². The molecule has 0 amide bonds. The lowest BCUT2D eigenvalue weighted by atomic mass is 10.2. The Kier molecular flexibility index (Phi) is 4.53. The Bertz CT molecular complexity index is 572. The van der Waals surface area contributed by atoms with Gasteiger partial charge in [0.05, 0.1) is 35.0 Å². The summed E-state index contributed by atoms with van der Waals surface area (Å²) in [5.74, 6) is -0.0572. The molecule has 0 spiro atoms. The Morgan fingerprint density at radius 3 is 3.00 bits per heavy atom. The van der Waals surface area contributed by atoms with Crippen molar-refractivity contribution in [1.82, 2.24) is 5.32 Å². The van der Waals surface area contributed by atoms with Crippen molar-refractivity contribution in [1.29, 1.82) is 5.26 Å². The highest BCUT2D eigenvalue weighted by atomic mass is 32.2. The van der Waals surface area contributed by atoms with Gasteiger partial charge >= 0.3 is 0 Å². The molecule has 1 saturated heterocycles. The number of hydrogen-bond acceptors (Lipinski definition) is 5. The highest BCUT2D eigenvalue weighted by Gasteiger charge is 2.18. The first-order valence-electron chi connectivity index (χ1n) is 6.17. The van der Waals surface area contributed by atoms with Crippen molar-refractivity contribution in [3.63, 3.8) is 0 Å². The minimum absolute atomic E-state index is 0.0572. The molecule has 1 aliphatic heterocycles. The zero-order valence-corrected chi connectivity index (χ0v) is 11.3. The van der Waals surface area contributed by atoms with Gasteiger partial charge in [0.1, 0.15) is 0 Å². The van der Waals surface area contributed by atoms with Crippen LogP contribution in [0.1, 0.15) is 12.0 Å². The molecule has 5 nitrogen and oxygen atoms in total. The summed E-state index contributed by atoms with van der Waals surface area (Å²) >= 11 is 0. The van der Waals surface area contributed by atoms with E-state index in [1.807, 2.05) is 6.07 Å². The number of benzene rings is 1. The summed E-state index contributed by atoms with van der Waals surface area (Å²) in [6.07, 6.45) is 1.03. The van der Waals surface area contributed by atoms with Crippen LogP contribution in [0.4, 0.5) is 0 Å². The first-order chi connectivity index (χ1) is 9.12. The minimum atomic E-state index is -3.38. The average Bonchev–Trinajstić information content (AvgIpc) is 2.92. The Morgan fingerprint density at radius 1 is 1.47 bits per heavy atom. The number of nitrogens with zero attached hydrogens (tertiary/aromatic N) is 1. The van der Waals surface area contributed by atoms with Crippen molar-refractivity contribution >= 4 is 9.84 Å². The van der Waals surface area contributed by atoms with Gasteiger partial charge in [0.15, 0.2) is 9.84 Å². The molecule has 0 saturated carbocycles. The zero-order chi connectivity index (χ0) is 13.7. The van der Waals surface area contributed by atoms with Gasteiger partial charge in [-0.1, -0.05) is 6.07 Å². The van der Waals surface area contributed by atoms with Crippen molar-refractivity contribution in [2.75, 3.05) is 25.4 Å². The highest BCUT2D eigenvalue weighted by molar-refractivity contribution is 7.91. The van der Waals surface area contributed by atoms with Crippen LogP contribution in [0.25, 0.3) is 0 Å². The van der Waals surface area contributed by atoms with E-state index in [1.54, 1.807) is 12.1 Å². The van der Waals surface area contributed by atoms with Gasteiger partial charge in [-0.3, -0.25) is 0 Å². The van der Waals surface area contributed by atoms with Crippen molar-refractivity contribution in [2.24, 2.45) is 0 Å². The zero-order valence-electron chi connectivity index (χ0n) is 10.5. The molecule has 2 rings (SSSR count). The van der Waals surface area contributed by atoms with Crippen LogP contribution >= 0.6 is 0 Å². The van der Waals surface area contributed by atoms with Gasteiger partial charge in [-0.2, -0.15) is 5.26 Å². The molecule has 1 aliphatic rings. The van der Waals surface area contributed by atoms with Gasteiger partial charge in [-0.15, -0.1) is 0 Å². The van der Waals surface area contributed by atoms with Crippen molar-refractivity contribution in [2.45, 2.75) is 17.4 Å². The van der Waals surface area contributed by atoms with E-state index in [2.05, 4.69) is 5.32 Å². The summed E-state index contributed by atoms with van der Waals surface area (Å²) in [6.45, 7) is 1.89. The van der Waals surface area contributed by atoms with E-state index in [0.29, 0.717) is 5.56 Å². The van der Waals surface area contributed by atoms with Crippen molar-refractivity contribution < 1.29 is 13.2 Å². The summed E-state index contributed by atoms with van der Waals surface area (Å²) in [5, 5.41) is 11.9. The number of ether oxygens (including phenoxy) is 1. The third-order valence-electron chi connectivity index (χ3n) is 3.04. The van der Waals surface area contributed by atoms with Gasteiger partial charge in [0.25, 0.3) is 0 Å². The Labute approximate surface area is 113 Å². The van der Waals surface area contributed by atoms with Crippen LogP contribution in [0.2, 0.25) is 0 Å². The minimum Gasteiger partial charge on any atom is -0.376 e. The smallest absolute Gasteiger partial charge is 0.180 e. The van der Waals surface area contributed by atoms with Crippen LogP contribution < -0.4 is 5.32 Å². The third kappa shape index (κ3) is 3.77. The second kappa shape index (κ2) is 6.15. The summed E-state index contributed by atoms with van der Waals surface area (Å²) in [4.78, 5) is 0.180. The largest absolute Gasteiger partial charge is 0.376 e. The number of nitriles is 1. The maximum absolute atomic E-state index is 12.1. The van der Waals surface area contributed by atoms with Gasteiger partial charge in [0.2, 0.25) is 0 Å². The monoisotopic (exact) mass is 280 g/mol. The van der Waals surface area contributed by atoms with E-state index in [1.165, 1.54) is 12.1 Å². The lowest BCUT2D eigenvalue weighted by molar-refractivity contribution is 0.0788. The molecule has 6 heteroatoms. The van der Waals surface area contributed by atoms with E-state index < -0.39 is 9.84 Å². The molecular formula is C13H16N2O3S. The van der Waals surface area contributed by atoms with Gasteiger partial charge in [-0.25, -0.2) is 8.42 Å². The Morgan fingerprint density at radius 2 is 2.32 bits per heavy atom. The fraction of sp³-hybridized carbons (Fsp3) is 0.462. The fourth-order valence-electron chi connectivity index (χ4n) is 1.97. The number of rotatable bonds is 5. The highest BCUT2D eigenvalue weighted by Crippen LogP contribution is 2.13. The predicted molar refractivity (Wildman–Crippen MR) is 70.4 cm³/mol. The van der Waals surface area contributed by atoms with Crippen molar-refractivity contribution in [3.05, 3.63) is 29.8 Å². The van der Waals surface area contributed by atoms with Crippen LogP contribution in [0.3, 0.4) is 0 Å². The van der Waals surface area contributed by atoms with Crippen LogP contribution in [0.15, 0.2) is 29.2 Å². The molecule has 0 bridgehead atoms. The van der Waals surface area contributed by atoms with E-state index in [4.69, 9.17) is 10.00 Å². The molecule has 0 aromatic heterocycles. The van der Waals surface area contributed by atoms with Crippen LogP contribution in [0.5, 0.6) is 0 Å². The van der Waals surface area contributed by atoms with Gasteiger partial charge in [-0.05, 0) is 31.2 Å². The average molecular weight is 280 g/mol. The quantitative estimate of drug-likeness (QED) is 0.859. The topological polar surface area (TPSA) is 79.2 Å². The molecular weight excluding hydrogens is 264 g/mol. The third-order valence-corrected chi connectivity index (χ3v) is 4.72. The second-order valence-corrected chi connectivity index (χ2v) is 6.55. The Balaban J connectivity index is 1.95. The lowest BCUT2D eigenvalue weighted by Crippen LogP contribution is -2.21. The van der Waals surface area contributed by atoms with E-state index in [9.17, 15) is 8.42 Å². The summed E-state index contributed by atoms with van der Waals surface area (Å²) in [7, 11) is -3.38. The SMILES string of the molecule is N#Cc1cccc(S(=O)(=O)CCOC2CCNC2)c1. The molecule has 1 heterocycles. The standard InChI is InChI=1S/C13H16N2O3S/c14-9-11-2-1-3-13(8-11)19(16,17)7-6-18-12-4-5-15-10-12/h1-3,8,12,15H,4-7,10H2. The number of nitrogens with one attached hydrogen (secondary N) is 1. The first kappa shape index (κ1) is 14.0. The van der Waals surface area contributed by atoms with Crippen molar-refractivity contribution in [3.8, 4) is 6.07 Å². The maximum Gasteiger partial charge on any atom is 0.180 e. The van der Waals surface area contributed by atoms with E-state index in [-0.39, 0.29) is 23.4 Å². The lowest BCUT2D eigenvalue weighted by Gasteiger charge is -2.10. The van der Waals surface area contributed by atoms with Crippen LogP contribution in [-0.4, -0.2) is 40.0 Å². The molecule has 0 aliphatic carbocycles. The molecule has 1 atom stereocenters. The molecule has 1 N–H and O–H groups in total. The van der Waals surface area contributed by atoms with Gasteiger partial charge in [0, 0.05) is 6.54 Å². The van der Waals surface area contributed by atoms with Crippen LogP contribution in [-0.2, 0) is 14.6 Å². The maximum atomic E-state index is 12.1. The molecule has 102 valence electrons. The Hall–Kier alpha value is -1.42. The molecule has 19 heavy (non-hydrogen) atoms. The molecule has 1 aromatic carbocycles. The second-order valence-electron chi connectivity index (χ2n) is 4.44. The normalized spacial score (nSPS) is 19.2. The summed E-state index contributed by atoms with van der Waals surface area (Å²) in [5.41, 5.74) is 0.349. The molecule has 1 unspecified atom stereocenters. The van der Waals surface area contributed by atoms with Gasteiger partial charge < -0.3 is 10.1 Å². The number of sulfone groups is 1. The van der Waals surface area contributed by atoms with Crippen LogP contribution in [0, 0.1) is 11.3 Å². The molecule has 1 fully saturated rings. The summed E-state index contributed by atoms with van der Waals surface area (Å²) in [6, 6.07) is 8.00. The molecule has 1 aromatic rings. The molecule has 0 radical (unpaired) electrons. The fourth-order valence-corrected chi connectivity index (χ4v) is 3.12. The van der Waals surface area contributed by atoms with E-state index >= 15 is 0 Å².